The van der Waals surface area contributed by atoms with E-state index in [0.717, 1.165) is 0 Å². The van der Waals surface area contributed by atoms with Crippen LogP contribution in [0.2, 0.25) is 0 Å². The van der Waals surface area contributed by atoms with Crippen molar-refractivity contribution in [2.75, 3.05) is 0 Å². The number of Topliss-reactive ketones (excluding diaryl/α,β-unsaturated/α-hetero) is 1. The number of ether oxygens (including phenoxy) is 1. The summed E-state index contributed by atoms with van der Waals surface area (Å²) in [5.41, 5.74) is 0.645. The molecule has 0 unspecified atom stereocenters. The predicted molar refractivity (Wildman–Crippen MR) is 56.7 cm³/mol. The molecule has 0 N–H and O–H groups in total. The number of carbonyl (C=O) groups is 1. The lowest BCUT2D eigenvalue weighted by molar-refractivity contribution is -0.274. The molecule has 0 fully saturated rings. The van der Waals surface area contributed by atoms with Crippen LogP contribution in [0.25, 0.3) is 0 Å². The van der Waals surface area contributed by atoms with Gasteiger partial charge < -0.3 is 4.74 Å². The highest BCUT2D eigenvalue weighted by atomic mass is 19.4. The molecule has 0 aliphatic carbocycles. The van der Waals surface area contributed by atoms with E-state index in [2.05, 4.69) is 11.3 Å². The number of ketones is 1. The third-order valence-electron chi connectivity index (χ3n) is 1.93. The van der Waals surface area contributed by atoms with E-state index in [4.69, 9.17) is 0 Å². The molecule has 0 saturated heterocycles. The van der Waals surface area contributed by atoms with Crippen molar-refractivity contribution in [3.05, 3.63) is 42.5 Å². The quantitative estimate of drug-likeness (QED) is 0.743. The Morgan fingerprint density at radius 2 is 1.88 bits per heavy atom. The molecule has 17 heavy (non-hydrogen) atoms. The number of rotatable bonds is 5. The van der Waals surface area contributed by atoms with Crippen LogP contribution in [0.3, 0.4) is 0 Å². The van der Waals surface area contributed by atoms with Gasteiger partial charge >= 0.3 is 6.36 Å². The molecule has 0 aliphatic rings. The fraction of sp³-hybridized carbons (Fsp3) is 0.250. The number of hydrogen-bond acceptors (Lipinski definition) is 2. The number of halogens is 3. The first-order chi connectivity index (χ1) is 7.90. The van der Waals surface area contributed by atoms with E-state index in [1.54, 1.807) is 0 Å². The summed E-state index contributed by atoms with van der Waals surface area (Å²) in [6, 6.07) is 5.23. The summed E-state index contributed by atoms with van der Waals surface area (Å²) in [4.78, 5) is 11.2. The van der Waals surface area contributed by atoms with Crippen LogP contribution >= 0.6 is 0 Å². The molecule has 0 spiro atoms. The second-order valence-corrected chi connectivity index (χ2v) is 3.40. The third-order valence-corrected chi connectivity index (χ3v) is 1.93. The molecule has 5 heteroatoms. The van der Waals surface area contributed by atoms with Crippen molar-refractivity contribution >= 4 is 5.78 Å². The van der Waals surface area contributed by atoms with E-state index in [1.165, 1.54) is 30.3 Å². The van der Waals surface area contributed by atoms with Crippen molar-refractivity contribution in [3.63, 3.8) is 0 Å². The molecule has 1 rings (SSSR count). The Balaban J connectivity index is 2.62. The summed E-state index contributed by atoms with van der Waals surface area (Å²) in [5, 5.41) is 0. The minimum Gasteiger partial charge on any atom is -0.406 e. The maximum atomic E-state index is 11.9. The second-order valence-electron chi connectivity index (χ2n) is 3.40. The fourth-order valence-electron chi connectivity index (χ4n) is 1.27. The summed E-state index contributed by atoms with van der Waals surface area (Å²) in [6.07, 6.45) is -2.78. The minimum absolute atomic E-state index is 0.0375. The van der Waals surface area contributed by atoms with Crippen LogP contribution in [0.5, 0.6) is 5.75 Å². The average Bonchev–Trinajstić information content (AvgIpc) is 2.19. The standard InChI is InChI=1S/C12H11F3O2/c1-2-3-10(16)8-9-4-6-11(7-5-9)17-12(13,14)15/h2,4-7H,1,3,8H2. The first-order valence-corrected chi connectivity index (χ1v) is 4.88. The molecule has 0 amide bonds. The lowest BCUT2D eigenvalue weighted by atomic mass is 10.1. The monoisotopic (exact) mass is 244 g/mol. The molecule has 0 atom stereocenters. The Bertz CT molecular complexity index is 393. The molecule has 2 nitrogen and oxygen atoms in total. The van der Waals surface area contributed by atoms with Crippen LogP contribution in [0, 0.1) is 0 Å². The van der Waals surface area contributed by atoms with Gasteiger partial charge in [-0.2, -0.15) is 0 Å². The normalized spacial score (nSPS) is 11.0. The van der Waals surface area contributed by atoms with Crippen LogP contribution < -0.4 is 4.74 Å². The van der Waals surface area contributed by atoms with Crippen LogP contribution in [-0.4, -0.2) is 12.1 Å². The fourth-order valence-corrected chi connectivity index (χ4v) is 1.27. The smallest absolute Gasteiger partial charge is 0.406 e. The summed E-state index contributed by atoms with van der Waals surface area (Å²) in [6.45, 7) is 3.43. The number of allylic oxidation sites excluding steroid dienone is 1. The SMILES string of the molecule is C=CCC(=O)Cc1ccc(OC(F)(F)F)cc1. The van der Waals surface area contributed by atoms with Gasteiger partial charge in [0, 0.05) is 12.8 Å². The zero-order chi connectivity index (χ0) is 12.9. The first-order valence-electron chi connectivity index (χ1n) is 4.88. The zero-order valence-corrected chi connectivity index (χ0v) is 8.96. The van der Waals surface area contributed by atoms with Gasteiger partial charge in [0.25, 0.3) is 0 Å². The van der Waals surface area contributed by atoms with E-state index in [1.807, 2.05) is 0 Å². The minimum atomic E-state index is -4.69. The largest absolute Gasteiger partial charge is 0.573 e. The molecule has 0 radical (unpaired) electrons. The van der Waals surface area contributed by atoms with Crippen LogP contribution in [0.15, 0.2) is 36.9 Å². The molecular formula is C12H11F3O2. The van der Waals surface area contributed by atoms with Gasteiger partial charge in [0.2, 0.25) is 0 Å². The lowest BCUT2D eigenvalue weighted by Gasteiger charge is -2.08. The molecule has 0 aliphatic heterocycles. The number of carbonyl (C=O) groups excluding carboxylic acids is 1. The first kappa shape index (κ1) is 13.3. The number of alkyl halides is 3. The van der Waals surface area contributed by atoms with Gasteiger partial charge in [-0.3, -0.25) is 4.79 Å². The summed E-state index contributed by atoms with van der Waals surface area (Å²) < 4.78 is 39.3. The van der Waals surface area contributed by atoms with Crippen molar-refractivity contribution in [2.45, 2.75) is 19.2 Å². The second kappa shape index (κ2) is 5.52. The van der Waals surface area contributed by atoms with Gasteiger partial charge in [-0.15, -0.1) is 19.8 Å². The summed E-state index contributed by atoms with van der Waals surface area (Å²) >= 11 is 0. The number of benzene rings is 1. The Morgan fingerprint density at radius 3 is 2.35 bits per heavy atom. The van der Waals surface area contributed by atoms with Gasteiger partial charge in [-0.25, -0.2) is 0 Å². The molecule has 0 bridgehead atoms. The van der Waals surface area contributed by atoms with Crippen LogP contribution in [-0.2, 0) is 11.2 Å². The molecule has 0 heterocycles. The van der Waals surface area contributed by atoms with E-state index in [9.17, 15) is 18.0 Å². The molecule has 0 saturated carbocycles. The van der Waals surface area contributed by atoms with Crippen LogP contribution in [0.1, 0.15) is 12.0 Å². The van der Waals surface area contributed by atoms with Gasteiger partial charge in [0.05, 0.1) is 0 Å². The molecule has 0 aromatic heterocycles. The predicted octanol–water partition coefficient (Wildman–Crippen LogP) is 3.27. The lowest BCUT2D eigenvalue weighted by Crippen LogP contribution is -2.17. The van der Waals surface area contributed by atoms with Gasteiger partial charge in [0.1, 0.15) is 11.5 Å². The molecule has 1 aromatic rings. The number of hydrogen-bond donors (Lipinski definition) is 0. The molecule has 92 valence electrons. The highest BCUT2D eigenvalue weighted by Crippen LogP contribution is 2.22. The van der Waals surface area contributed by atoms with E-state index in [0.29, 0.717) is 5.56 Å². The van der Waals surface area contributed by atoms with Gasteiger partial charge in [-0.05, 0) is 17.7 Å². The van der Waals surface area contributed by atoms with Crippen molar-refractivity contribution < 1.29 is 22.7 Å². The Kier molecular flexibility index (Phi) is 4.31. The maximum Gasteiger partial charge on any atom is 0.573 e. The summed E-state index contributed by atoms with van der Waals surface area (Å²) in [7, 11) is 0. The maximum absolute atomic E-state index is 11.9. The Morgan fingerprint density at radius 1 is 1.29 bits per heavy atom. The Labute approximate surface area is 96.7 Å². The summed E-state index contributed by atoms with van der Waals surface area (Å²) in [5.74, 6) is -0.332. The van der Waals surface area contributed by atoms with Gasteiger partial charge in [0.15, 0.2) is 0 Å². The highest BCUT2D eigenvalue weighted by molar-refractivity contribution is 5.82. The van der Waals surface area contributed by atoms with Crippen molar-refractivity contribution in [3.8, 4) is 5.75 Å². The van der Waals surface area contributed by atoms with E-state index >= 15 is 0 Å². The van der Waals surface area contributed by atoms with E-state index in [-0.39, 0.29) is 24.4 Å². The molecular weight excluding hydrogens is 233 g/mol. The van der Waals surface area contributed by atoms with Crippen molar-refractivity contribution in [1.29, 1.82) is 0 Å². The van der Waals surface area contributed by atoms with Gasteiger partial charge in [-0.1, -0.05) is 18.2 Å². The molecule has 1 aromatic carbocycles. The van der Waals surface area contributed by atoms with E-state index < -0.39 is 6.36 Å². The highest BCUT2D eigenvalue weighted by Gasteiger charge is 2.30. The Hall–Kier alpha value is -1.78. The van der Waals surface area contributed by atoms with Crippen molar-refractivity contribution in [2.24, 2.45) is 0 Å². The average molecular weight is 244 g/mol. The van der Waals surface area contributed by atoms with Crippen molar-refractivity contribution in [1.82, 2.24) is 0 Å². The third kappa shape index (κ3) is 5.19. The topological polar surface area (TPSA) is 26.3 Å². The zero-order valence-electron chi connectivity index (χ0n) is 8.96. The van der Waals surface area contributed by atoms with Crippen LogP contribution in [0.4, 0.5) is 13.2 Å².